The van der Waals surface area contributed by atoms with Gasteiger partial charge in [-0.2, -0.15) is 0 Å². The van der Waals surface area contributed by atoms with Crippen LogP contribution in [0.5, 0.6) is 0 Å². The summed E-state index contributed by atoms with van der Waals surface area (Å²) in [4.78, 5) is 18.8. The summed E-state index contributed by atoms with van der Waals surface area (Å²) in [5.41, 5.74) is 1.24. The summed E-state index contributed by atoms with van der Waals surface area (Å²) in [7, 11) is 0. The van der Waals surface area contributed by atoms with Crippen LogP contribution in [0.25, 0.3) is 0 Å². The van der Waals surface area contributed by atoms with Gasteiger partial charge < -0.3 is 15.5 Å². The summed E-state index contributed by atoms with van der Waals surface area (Å²) < 4.78 is 0. The van der Waals surface area contributed by atoms with Crippen molar-refractivity contribution in [2.45, 2.75) is 45.4 Å². The van der Waals surface area contributed by atoms with E-state index in [1.165, 1.54) is 5.56 Å². The van der Waals surface area contributed by atoms with E-state index >= 15 is 0 Å². The highest BCUT2D eigenvalue weighted by Crippen LogP contribution is 2.22. The van der Waals surface area contributed by atoms with Gasteiger partial charge in [0.1, 0.15) is 0 Å². The number of likely N-dealkylation sites (tertiary alicyclic amines) is 1. The molecule has 1 saturated heterocycles. The van der Waals surface area contributed by atoms with Crippen molar-refractivity contribution in [2.24, 2.45) is 4.99 Å². The Labute approximate surface area is 175 Å². The zero-order valence-electron chi connectivity index (χ0n) is 16.3. The monoisotopic (exact) mass is 472 g/mol. The van der Waals surface area contributed by atoms with Crippen molar-refractivity contribution >= 4 is 35.8 Å². The molecule has 0 saturated carbocycles. The van der Waals surface area contributed by atoms with E-state index in [0.717, 1.165) is 38.4 Å². The van der Waals surface area contributed by atoms with Crippen molar-refractivity contribution < 1.29 is 4.79 Å². The number of rotatable bonds is 7. The molecule has 1 amide bonds. The standard InChI is InChI=1S/C20H32N4O.HI/c1-4-21-19(22-13-12-18(25)24-14-8-9-15-24)23-16-20(2,3)17-10-6-5-7-11-17;/h5-7,10-11H,4,8-9,12-16H2,1-3H3,(H2,21,22,23);1H. The second-order valence-corrected chi connectivity index (χ2v) is 7.21. The van der Waals surface area contributed by atoms with Crippen LogP contribution in [0.2, 0.25) is 0 Å². The Morgan fingerprint density at radius 1 is 1.15 bits per heavy atom. The molecule has 0 aromatic heterocycles. The first kappa shape index (κ1) is 22.7. The topological polar surface area (TPSA) is 56.7 Å². The van der Waals surface area contributed by atoms with E-state index in [1.807, 2.05) is 11.0 Å². The predicted octanol–water partition coefficient (Wildman–Crippen LogP) is 3.15. The summed E-state index contributed by atoms with van der Waals surface area (Å²) in [5.74, 6) is 1.02. The van der Waals surface area contributed by atoms with Gasteiger partial charge in [0.05, 0.1) is 6.54 Å². The number of nitrogens with zero attached hydrogens (tertiary/aromatic N) is 2. The fourth-order valence-electron chi connectivity index (χ4n) is 3.01. The lowest BCUT2D eigenvalue weighted by Gasteiger charge is -2.24. The van der Waals surface area contributed by atoms with Gasteiger partial charge in [0.2, 0.25) is 5.91 Å². The summed E-state index contributed by atoms with van der Waals surface area (Å²) in [5, 5.41) is 6.55. The molecule has 1 aliphatic heterocycles. The van der Waals surface area contributed by atoms with Crippen LogP contribution in [0, 0.1) is 0 Å². The fraction of sp³-hybridized carbons (Fsp3) is 0.600. The van der Waals surface area contributed by atoms with Crippen molar-refractivity contribution in [3.05, 3.63) is 35.9 Å². The van der Waals surface area contributed by atoms with E-state index in [1.54, 1.807) is 0 Å². The van der Waals surface area contributed by atoms with Crippen LogP contribution in [0.15, 0.2) is 35.3 Å². The first-order valence-corrected chi connectivity index (χ1v) is 9.38. The molecular formula is C20H33IN4O. The van der Waals surface area contributed by atoms with Gasteiger partial charge >= 0.3 is 0 Å². The van der Waals surface area contributed by atoms with E-state index in [2.05, 4.69) is 55.7 Å². The normalized spacial score (nSPS) is 14.7. The summed E-state index contributed by atoms with van der Waals surface area (Å²) in [6.07, 6.45) is 2.79. The second-order valence-electron chi connectivity index (χ2n) is 7.21. The van der Waals surface area contributed by atoms with Crippen molar-refractivity contribution in [3.63, 3.8) is 0 Å². The Balaban J connectivity index is 0.00000338. The van der Waals surface area contributed by atoms with Crippen molar-refractivity contribution in [2.75, 3.05) is 32.7 Å². The van der Waals surface area contributed by atoms with Crippen LogP contribution in [-0.2, 0) is 10.2 Å². The van der Waals surface area contributed by atoms with Gasteiger partial charge in [0.15, 0.2) is 5.96 Å². The Kier molecular flexibility index (Phi) is 9.98. The lowest BCUT2D eigenvalue weighted by molar-refractivity contribution is -0.129. The molecular weight excluding hydrogens is 439 g/mol. The molecule has 2 rings (SSSR count). The number of amides is 1. The largest absolute Gasteiger partial charge is 0.357 e. The van der Waals surface area contributed by atoms with Crippen LogP contribution in [0.1, 0.15) is 45.6 Å². The summed E-state index contributed by atoms with van der Waals surface area (Å²) >= 11 is 0. The SMILES string of the molecule is CCNC(=NCC(C)(C)c1ccccc1)NCCC(=O)N1CCCC1.I. The third-order valence-electron chi connectivity index (χ3n) is 4.62. The molecule has 1 fully saturated rings. The van der Waals surface area contributed by atoms with Gasteiger partial charge in [-0.15, -0.1) is 24.0 Å². The number of benzene rings is 1. The minimum atomic E-state index is -0.0328. The number of carbonyl (C=O) groups is 1. The van der Waals surface area contributed by atoms with E-state index in [4.69, 9.17) is 4.99 Å². The van der Waals surface area contributed by atoms with E-state index in [-0.39, 0.29) is 35.3 Å². The maximum absolute atomic E-state index is 12.1. The van der Waals surface area contributed by atoms with E-state index in [9.17, 15) is 4.79 Å². The number of carbonyl (C=O) groups excluding carboxylic acids is 1. The van der Waals surface area contributed by atoms with Crippen LogP contribution in [0.3, 0.4) is 0 Å². The van der Waals surface area contributed by atoms with Gasteiger partial charge in [0, 0.05) is 38.0 Å². The molecule has 0 atom stereocenters. The quantitative estimate of drug-likeness (QED) is 0.364. The van der Waals surface area contributed by atoms with E-state index < -0.39 is 0 Å². The Morgan fingerprint density at radius 3 is 2.42 bits per heavy atom. The smallest absolute Gasteiger partial charge is 0.224 e. The molecule has 1 heterocycles. The minimum absolute atomic E-state index is 0. The lowest BCUT2D eigenvalue weighted by atomic mass is 9.85. The molecule has 0 aliphatic carbocycles. The van der Waals surface area contributed by atoms with Crippen LogP contribution < -0.4 is 10.6 Å². The van der Waals surface area contributed by atoms with Gasteiger partial charge in [-0.1, -0.05) is 44.2 Å². The third kappa shape index (κ3) is 7.13. The molecule has 0 bridgehead atoms. The van der Waals surface area contributed by atoms with Crippen molar-refractivity contribution in [1.29, 1.82) is 0 Å². The summed E-state index contributed by atoms with van der Waals surface area (Å²) in [6, 6.07) is 10.4. The van der Waals surface area contributed by atoms with Crippen molar-refractivity contribution in [1.82, 2.24) is 15.5 Å². The Bertz CT molecular complexity index is 568. The fourth-order valence-corrected chi connectivity index (χ4v) is 3.01. The van der Waals surface area contributed by atoms with Gasteiger partial charge in [-0.05, 0) is 25.3 Å². The van der Waals surface area contributed by atoms with Crippen LogP contribution >= 0.6 is 24.0 Å². The van der Waals surface area contributed by atoms with E-state index in [0.29, 0.717) is 19.5 Å². The molecule has 0 unspecified atom stereocenters. The molecule has 0 spiro atoms. The molecule has 1 aromatic rings. The molecule has 6 heteroatoms. The second kappa shape index (κ2) is 11.4. The summed E-state index contributed by atoms with van der Waals surface area (Å²) in [6.45, 7) is 10.4. The third-order valence-corrected chi connectivity index (χ3v) is 4.62. The number of aliphatic imine (C=N–C) groups is 1. The minimum Gasteiger partial charge on any atom is -0.357 e. The Morgan fingerprint density at radius 2 is 1.81 bits per heavy atom. The average molecular weight is 472 g/mol. The first-order valence-electron chi connectivity index (χ1n) is 9.38. The van der Waals surface area contributed by atoms with Crippen molar-refractivity contribution in [3.8, 4) is 0 Å². The number of halogens is 1. The number of hydrogen-bond donors (Lipinski definition) is 2. The molecule has 146 valence electrons. The highest BCUT2D eigenvalue weighted by Gasteiger charge is 2.20. The maximum Gasteiger partial charge on any atom is 0.224 e. The lowest BCUT2D eigenvalue weighted by Crippen LogP contribution is -2.40. The Hall–Kier alpha value is -1.31. The van der Waals surface area contributed by atoms with Gasteiger partial charge in [-0.25, -0.2) is 0 Å². The molecule has 5 nitrogen and oxygen atoms in total. The zero-order chi connectivity index (χ0) is 18.1. The molecule has 2 N–H and O–H groups in total. The van der Waals surface area contributed by atoms with Crippen LogP contribution in [0.4, 0.5) is 0 Å². The van der Waals surface area contributed by atoms with Gasteiger partial charge in [-0.3, -0.25) is 9.79 Å². The van der Waals surface area contributed by atoms with Gasteiger partial charge in [0.25, 0.3) is 0 Å². The molecule has 0 radical (unpaired) electrons. The number of nitrogens with one attached hydrogen (secondary N) is 2. The zero-order valence-corrected chi connectivity index (χ0v) is 18.6. The molecule has 26 heavy (non-hydrogen) atoms. The predicted molar refractivity (Wildman–Crippen MR) is 119 cm³/mol. The molecule has 1 aromatic carbocycles. The highest BCUT2D eigenvalue weighted by atomic mass is 127. The van der Waals surface area contributed by atoms with Crippen LogP contribution in [-0.4, -0.2) is 49.5 Å². The first-order chi connectivity index (χ1) is 12.0. The highest BCUT2D eigenvalue weighted by molar-refractivity contribution is 14.0. The number of guanidine groups is 1. The average Bonchev–Trinajstić information content (AvgIpc) is 3.15. The maximum atomic E-state index is 12.1. The number of hydrogen-bond acceptors (Lipinski definition) is 2. The molecule has 1 aliphatic rings.